The lowest BCUT2D eigenvalue weighted by molar-refractivity contribution is -0.127. The third-order valence-corrected chi connectivity index (χ3v) is 4.65. The third kappa shape index (κ3) is 4.42. The lowest BCUT2D eigenvalue weighted by Crippen LogP contribution is -2.33. The molecule has 0 bridgehead atoms. The maximum absolute atomic E-state index is 13.2. The average molecular weight is 376 g/mol. The molecule has 1 fully saturated rings. The zero-order valence-electron chi connectivity index (χ0n) is 13.8. The Hall–Kier alpha value is -2.81. The number of urea groups is 1. The number of amides is 4. The molecule has 4 amide bonds. The molecule has 136 valence electrons. The van der Waals surface area contributed by atoms with E-state index in [-0.39, 0.29) is 37.0 Å². The van der Waals surface area contributed by atoms with Crippen LogP contribution in [0.5, 0.6) is 0 Å². The first-order valence-corrected chi connectivity index (χ1v) is 8.96. The van der Waals surface area contributed by atoms with Crippen LogP contribution in [-0.4, -0.2) is 40.3 Å². The molecule has 3 rings (SSSR count). The third-order valence-electron chi connectivity index (χ3n) is 3.96. The van der Waals surface area contributed by atoms with Crippen LogP contribution < -0.4 is 10.6 Å². The van der Waals surface area contributed by atoms with E-state index < -0.39 is 12.1 Å². The van der Waals surface area contributed by atoms with Crippen LogP contribution in [0.4, 0.5) is 14.3 Å². The number of hydrogen-bond acceptors (Lipinski definition) is 5. The molecule has 1 aromatic carbocycles. The van der Waals surface area contributed by atoms with E-state index in [2.05, 4.69) is 15.6 Å². The molecule has 1 aromatic heterocycles. The summed E-state index contributed by atoms with van der Waals surface area (Å²) in [7, 11) is 0. The molecule has 9 heteroatoms. The molecule has 1 aliphatic rings. The Kier molecular flexibility index (Phi) is 5.57. The van der Waals surface area contributed by atoms with Gasteiger partial charge in [0.2, 0.25) is 5.91 Å². The lowest BCUT2D eigenvalue weighted by atomic mass is 10.1. The van der Waals surface area contributed by atoms with Gasteiger partial charge in [-0.3, -0.25) is 14.5 Å². The van der Waals surface area contributed by atoms with Gasteiger partial charge in [0.05, 0.1) is 0 Å². The van der Waals surface area contributed by atoms with E-state index in [1.165, 1.54) is 23.5 Å². The Balaban J connectivity index is 1.49. The molecule has 1 saturated heterocycles. The van der Waals surface area contributed by atoms with E-state index in [0.29, 0.717) is 17.1 Å². The predicted molar refractivity (Wildman–Crippen MR) is 94.1 cm³/mol. The van der Waals surface area contributed by atoms with Crippen molar-refractivity contribution in [2.24, 2.45) is 0 Å². The Morgan fingerprint density at radius 2 is 2.23 bits per heavy atom. The highest BCUT2D eigenvalue weighted by Crippen LogP contribution is 2.15. The van der Waals surface area contributed by atoms with Crippen LogP contribution >= 0.6 is 11.3 Å². The van der Waals surface area contributed by atoms with Crippen molar-refractivity contribution in [3.63, 3.8) is 0 Å². The van der Waals surface area contributed by atoms with Gasteiger partial charge < -0.3 is 10.6 Å². The quantitative estimate of drug-likeness (QED) is 0.725. The van der Waals surface area contributed by atoms with Gasteiger partial charge in [0, 0.05) is 24.5 Å². The highest BCUT2D eigenvalue weighted by Gasteiger charge is 2.37. The van der Waals surface area contributed by atoms with Crippen LogP contribution in [0, 0.1) is 5.82 Å². The molecule has 1 aliphatic heterocycles. The summed E-state index contributed by atoms with van der Waals surface area (Å²) in [5, 5.41) is 7.45. The van der Waals surface area contributed by atoms with E-state index in [4.69, 9.17) is 0 Å². The predicted octanol–water partition coefficient (Wildman–Crippen LogP) is 2.16. The number of thiazole rings is 1. The van der Waals surface area contributed by atoms with Crippen LogP contribution in [0.25, 0.3) is 0 Å². The highest BCUT2D eigenvalue weighted by atomic mass is 32.1. The summed E-state index contributed by atoms with van der Waals surface area (Å²) in [5.41, 5.74) is 0.705. The smallest absolute Gasteiger partial charge is 0.324 e. The SMILES string of the molecule is O=C(CC[C@H]1NC(=O)N(CCc2cccc(F)c2)C1=O)Nc1nccs1. The maximum atomic E-state index is 13.2. The summed E-state index contributed by atoms with van der Waals surface area (Å²) < 4.78 is 13.2. The first-order valence-electron chi connectivity index (χ1n) is 8.08. The Bertz CT molecular complexity index is 812. The topological polar surface area (TPSA) is 91.4 Å². The van der Waals surface area contributed by atoms with Crippen molar-refractivity contribution in [2.45, 2.75) is 25.3 Å². The summed E-state index contributed by atoms with van der Waals surface area (Å²) in [6, 6.07) is 4.82. The number of carbonyl (C=O) groups is 3. The molecule has 0 spiro atoms. The molecule has 0 unspecified atom stereocenters. The fourth-order valence-corrected chi connectivity index (χ4v) is 3.21. The normalized spacial score (nSPS) is 16.7. The van der Waals surface area contributed by atoms with Gasteiger partial charge in [-0.1, -0.05) is 12.1 Å². The van der Waals surface area contributed by atoms with Crippen molar-refractivity contribution in [3.05, 3.63) is 47.2 Å². The molecule has 0 radical (unpaired) electrons. The van der Waals surface area contributed by atoms with E-state index in [0.717, 1.165) is 4.90 Å². The maximum Gasteiger partial charge on any atom is 0.324 e. The van der Waals surface area contributed by atoms with Crippen LogP contribution in [0.15, 0.2) is 35.8 Å². The van der Waals surface area contributed by atoms with E-state index in [9.17, 15) is 18.8 Å². The number of halogens is 1. The fourth-order valence-electron chi connectivity index (χ4n) is 2.66. The molecule has 2 N–H and O–H groups in total. The second kappa shape index (κ2) is 8.05. The standard InChI is InChI=1S/C17H17FN4O3S/c18-12-3-1-2-11(10-12)6-8-22-15(24)13(20-17(22)25)4-5-14(23)21-16-19-7-9-26-16/h1-3,7,9-10,13H,4-6,8H2,(H,20,25)(H,19,21,23)/t13-/m1/s1. The number of nitrogens with one attached hydrogen (secondary N) is 2. The van der Waals surface area contributed by atoms with Crippen molar-refractivity contribution < 1.29 is 18.8 Å². The minimum atomic E-state index is -0.725. The molecule has 0 aliphatic carbocycles. The Labute approximate surface area is 153 Å². The van der Waals surface area contributed by atoms with Gasteiger partial charge in [-0.25, -0.2) is 14.2 Å². The van der Waals surface area contributed by atoms with Gasteiger partial charge in [-0.05, 0) is 30.5 Å². The number of imide groups is 1. The number of hydrogen-bond donors (Lipinski definition) is 2. The van der Waals surface area contributed by atoms with Gasteiger partial charge in [0.15, 0.2) is 5.13 Å². The summed E-state index contributed by atoms with van der Waals surface area (Å²) in [6.45, 7) is 0.163. The Morgan fingerprint density at radius 3 is 2.96 bits per heavy atom. The molecule has 7 nitrogen and oxygen atoms in total. The summed E-state index contributed by atoms with van der Waals surface area (Å²) in [6.07, 6.45) is 2.25. The lowest BCUT2D eigenvalue weighted by Gasteiger charge is -2.13. The number of aromatic nitrogens is 1. The van der Waals surface area contributed by atoms with Gasteiger partial charge in [0.1, 0.15) is 11.9 Å². The molecule has 26 heavy (non-hydrogen) atoms. The first kappa shape index (κ1) is 18.0. The minimum Gasteiger partial charge on any atom is -0.326 e. The van der Waals surface area contributed by atoms with E-state index >= 15 is 0 Å². The van der Waals surface area contributed by atoms with Gasteiger partial charge in [-0.15, -0.1) is 11.3 Å². The second-order valence-corrected chi connectivity index (χ2v) is 6.69. The van der Waals surface area contributed by atoms with E-state index in [1.807, 2.05) is 0 Å². The molecule has 2 aromatic rings. The number of rotatable bonds is 7. The average Bonchev–Trinajstić information content (AvgIpc) is 3.20. The monoisotopic (exact) mass is 376 g/mol. The van der Waals surface area contributed by atoms with E-state index in [1.54, 1.807) is 23.7 Å². The molecular weight excluding hydrogens is 359 g/mol. The second-order valence-electron chi connectivity index (χ2n) is 5.80. The largest absolute Gasteiger partial charge is 0.326 e. The minimum absolute atomic E-state index is 0.0913. The van der Waals surface area contributed by atoms with Gasteiger partial charge in [-0.2, -0.15) is 0 Å². The summed E-state index contributed by atoms with van der Waals surface area (Å²) >= 11 is 1.30. The summed E-state index contributed by atoms with van der Waals surface area (Å²) in [4.78, 5) is 41.3. The van der Waals surface area contributed by atoms with Crippen LogP contribution in [0.3, 0.4) is 0 Å². The zero-order chi connectivity index (χ0) is 18.5. The van der Waals surface area contributed by atoms with Crippen LogP contribution in [0.1, 0.15) is 18.4 Å². The highest BCUT2D eigenvalue weighted by molar-refractivity contribution is 7.13. The molecule has 1 atom stereocenters. The molecular formula is C17H17FN4O3S. The zero-order valence-corrected chi connectivity index (χ0v) is 14.6. The van der Waals surface area contributed by atoms with Crippen molar-refractivity contribution in [2.75, 3.05) is 11.9 Å². The number of benzene rings is 1. The number of anilines is 1. The Morgan fingerprint density at radius 1 is 1.38 bits per heavy atom. The number of nitrogens with zero attached hydrogens (tertiary/aromatic N) is 2. The van der Waals surface area contributed by atoms with Crippen molar-refractivity contribution in [1.29, 1.82) is 0 Å². The fraction of sp³-hybridized carbons (Fsp3) is 0.294. The van der Waals surface area contributed by atoms with Gasteiger partial charge >= 0.3 is 6.03 Å². The van der Waals surface area contributed by atoms with Crippen molar-refractivity contribution in [1.82, 2.24) is 15.2 Å². The summed E-state index contributed by atoms with van der Waals surface area (Å²) in [5.74, 6) is -0.988. The van der Waals surface area contributed by atoms with Crippen LogP contribution in [0.2, 0.25) is 0 Å². The van der Waals surface area contributed by atoms with Gasteiger partial charge in [0.25, 0.3) is 5.91 Å². The molecule has 2 heterocycles. The first-order chi connectivity index (χ1) is 12.5. The van der Waals surface area contributed by atoms with Crippen molar-refractivity contribution >= 4 is 34.3 Å². The van der Waals surface area contributed by atoms with Crippen molar-refractivity contribution in [3.8, 4) is 0 Å². The molecule has 0 saturated carbocycles. The number of carbonyl (C=O) groups excluding carboxylic acids is 3. The van der Waals surface area contributed by atoms with Crippen LogP contribution in [-0.2, 0) is 16.0 Å².